The molecule has 120 valence electrons. The fourth-order valence-corrected chi connectivity index (χ4v) is 2.47. The van der Waals surface area contributed by atoms with Crippen molar-refractivity contribution >= 4 is 0 Å². The molecule has 0 aromatic heterocycles. The van der Waals surface area contributed by atoms with E-state index in [2.05, 4.69) is 39.9 Å². The van der Waals surface area contributed by atoms with Crippen molar-refractivity contribution in [1.29, 1.82) is 0 Å². The Kier molecular flexibility index (Phi) is 7.49. The van der Waals surface area contributed by atoms with E-state index < -0.39 is 0 Å². The number of aliphatic hydroxyl groups is 1. The number of nitrogens with one attached hydrogen (secondary N) is 1. The molecule has 0 saturated heterocycles. The van der Waals surface area contributed by atoms with Crippen LogP contribution in [0, 0.1) is 17.3 Å². The van der Waals surface area contributed by atoms with Gasteiger partial charge in [0.15, 0.2) is 0 Å². The minimum absolute atomic E-state index is 0.313. The van der Waals surface area contributed by atoms with Gasteiger partial charge in [-0.3, -0.25) is 0 Å². The largest absolute Gasteiger partial charge is 0.389 e. The maximum Gasteiger partial charge on any atom is 0.0897 e. The summed E-state index contributed by atoms with van der Waals surface area (Å²) < 4.78 is 5.83. The van der Waals surface area contributed by atoms with Crippen LogP contribution in [0.5, 0.6) is 0 Å². The highest BCUT2D eigenvalue weighted by atomic mass is 16.5. The molecule has 0 aliphatic heterocycles. The first-order valence-electron chi connectivity index (χ1n) is 8.29. The van der Waals surface area contributed by atoms with Crippen LogP contribution in [-0.4, -0.2) is 37.0 Å². The van der Waals surface area contributed by atoms with Crippen LogP contribution in [0.3, 0.4) is 0 Å². The molecule has 1 aliphatic carbocycles. The van der Waals surface area contributed by atoms with Gasteiger partial charge in [-0.1, -0.05) is 34.6 Å². The van der Waals surface area contributed by atoms with Crippen molar-refractivity contribution in [3.8, 4) is 0 Å². The Labute approximate surface area is 125 Å². The molecular formula is C17H35NO2. The highest BCUT2D eigenvalue weighted by Gasteiger charge is 2.21. The van der Waals surface area contributed by atoms with Crippen molar-refractivity contribution in [2.24, 2.45) is 17.3 Å². The summed E-state index contributed by atoms with van der Waals surface area (Å²) in [6.07, 6.45) is 4.82. The summed E-state index contributed by atoms with van der Waals surface area (Å²) in [5.41, 5.74) is 0.313. The van der Waals surface area contributed by atoms with Gasteiger partial charge in [0.25, 0.3) is 0 Å². The minimum Gasteiger partial charge on any atom is -0.389 e. The molecule has 2 atom stereocenters. The van der Waals surface area contributed by atoms with E-state index in [4.69, 9.17) is 4.74 Å². The Balaban J connectivity index is 2.07. The van der Waals surface area contributed by atoms with Crippen molar-refractivity contribution < 1.29 is 9.84 Å². The van der Waals surface area contributed by atoms with Crippen LogP contribution in [0.2, 0.25) is 0 Å². The fourth-order valence-electron chi connectivity index (χ4n) is 2.47. The van der Waals surface area contributed by atoms with Gasteiger partial charge in [-0.25, -0.2) is 0 Å². The van der Waals surface area contributed by atoms with Crippen LogP contribution >= 0.6 is 0 Å². The van der Waals surface area contributed by atoms with Gasteiger partial charge >= 0.3 is 0 Å². The highest BCUT2D eigenvalue weighted by Crippen LogP contribution is 2.26. The molecule has 3 nitrogen and oxygen atoms in total. The number of hydrogen-bond acceptors (Lipinski definition) is 3. The SMILES string of the molecule is CC1CCC(OCC(O)CNCC(C)C(C)(C)C)CC1. The van der Waals surface area contributed by atoms with E-state index in [-0.39, 0.29) is 6.10 Å². The lowest BCUT2D eigenvalue weighted by Gasteiger charge is -2.29. The molecule has 0 spiro atoms. The quantitative estimate of drug-likeness (QED) is 0.754. The number of rotatable bonds is 7. The number of ether oxygens (including phenoxy) is 1. The van der Waals surface area contributed by atoms with Crippen LogP contribution in [0.15, 0.2) is 0 Å². The Morgan fingerprint density at radius 2 is 1.75 bits per heavy atom. The average Bonchev–Trinajstić information content (AvgIpc) is 2.37. The smallest absolute Gasteiger partial charge is 0.0897 e. The van der Waals surface area contributed by atoms with Crippen molar-refractivity contribution in [1.82, 2.24) is 5.32 Å². The summed E-state index contributed by atoms with van der Waals surface area (Å²) in [6.45, 7) is 13.4. The normalized spacial score (nSPS) is 27.3. The van der Waals surface area contributed by atoms with E-state index >= 15 is 0 Å². The minimum atomic E-state index is -0.387. The first-order valence-corrected chi connectivity index (χ1v) is 8.29. The molecule has 0 amide bonds. The highest BCUT2D eigenvalue weighted by molar-refractivity contribution is 4.73. The van der Waals surface area contributed by atoms with Crippen LogP contribution in [-0.2, 0) is 4.74 Å². The molecule has 0 aromatic rings. The molecule has 0 bridgehead atoms. The first kappa shape index (κ1) is 17.9. The van der Waals surface area contributed by atoms with Crippen molar-refractivity contribution in [2.45, 2.75) is 72.5 Å². The lowest BCUT2D eigenvalue weighted by Crippen LogP contribution is -2.37. The molecule has 1 aliphatic rings. The number of hydrogen-bond donors (Lipinski definition) is 2. The van der Waals surface area contributed by atoms with Crippen LogP contribution < -0.4 is 5.32 Å². The molecule has 0 aromatic carbocycles. The van der Waals surface area contributed by atoms with Crippen LogP contribution in [0.4, 0.5) is 0 Å². The zero-order valence-electron chi connectivity index (χ0n) is 14.1. The van der Waals surface area contributed by atoms with E-state index in [1.807, 2.05) is 0 Å². The lowest BCUT2D eigenvalue weighted by molar-refractivity contribution is -0.0281. The lowest BCUT2D eigenvalue weighted by atomic mass is 9.82. The van der Waals surface area contributed by atoms with E-state index in [1.54, 1.807) is 0 Å². The van der Waals surface area contributed by atoms with E-state index in [0.717, 1.165) is 25.3 Å². The third-order valence-electron chi connectivity index (χ3n) is 4.80. The topological polar surface area (TPSA) is 41.5 Å². The molecular weight excluding hydrogens is 250 g/mol. The van der Waals surface area contributed by atoms with Gasteiger partial charge in [-0.15, -0.1) is 0 Å². The third kappa shape index (κ3) is 7.05. The van der Waals surface area contributed by atoms with Gasteiger partial charge in [-0.05, 0) is 49.5 Å². The van der Waals surface area contributed by atoms with Gasteiger partial charge in [0.1, 0.15) is 0 Å². The van der Waals surface area contributed by atoms with Crippen LogP contribution in [0.25, 0.3) is 0 Å². The predicted molar refractivity (Wildman–Crippen MR) is 84.9 cm³/mol. The second-order valence-corrected chi connectivity index (χ2v) is 7.79. The molecule has 1 rings (SSSR count). The van der Waals surface area contributed by atoms with Gasteiger partial charge in [-0.2, -0.15) is 0 Å². The second kappa shape index (κ2) is 8.35. The number of aliphatic hydroxyl groups excluding tert-OH is 1. The molecule has 2 N–H and O–H groups in total. The molecule has 0 radical (unpaired) electrons. The van der Waals surface area contributed by atoms with E-state index in [0.29, 0.717) is 30.6 Å². The first-order chi connectivity index (χ1) is 9.29. The molecule has 1 saturated carbocycles. The maximum absolute atomic E-state index is 9.96. The standard InChI is InChI=1S/C17H35NO2/c1-13-6-8-16(9-7-13)20-12-15(19)11-18-10-14(2)17(3,4)5/h13-16,18-19H,6-12H2,1-5H3. The Hall–Kier alpha value is -0.120. The maximum atomic E-state index is 9.96. The van der Waals surface area contributed by atoms with Gasteiger partial charge in [0.2, 0.25) is 0 Å². The molecule has 1 fully saturated rings. The van der Waals surface area contributed by atoms with Gasteiger partial charge in [0, 0.05) is 6.54 Å². The van der Waals surface area contributed by atoms with Crippen molar-refractivity contribution in [3.05, 3.63) is 0 Å². The summed E-state index contributed by atoms with van der Waals surface area (Å²) in [5.74, 6) is 1.44. The van der Waals surface area contributed by atoms with Gasteiger partial charge in [0.05, 0.1) is 18.8 Å². The van der Waals surface area contributed by atoms with Gasteiger partial charge < -0.3 is 15.2 Å². The van der Waals surface area contributed by atoms with Crippen molar-refractivity contribution in [2.75, 3.05) is 19.7 Å². The fraction of sp³-hybridized carbons (Fsp3) is 1.00. The third-order valence-corrected chi connectivity index (χ3v) is 4.80. The van der Waals surface area contributed by atoms with E-state index in [9.17, 15) is 5.11 Å². The summed E-state index contributed by atoms with van der Waals surface area (Å²) in [4.78, 5) is 0. The van der Waals surface area contributed by atoms with E-state index in [1.165, 1.54) is 12.8 Å². The zero-order chi connectivity index (χ0) is 15.2. The summed E-state index contributed by atoms with van der Waals surface area (Å²) in [6, 6.07) is 0. The molecule has 3 heteroatoms. The summed E-state index contributed by atoms with van der Waals surface area (Å²) in [7, 11) is 0. The summed E-state index contributed by atoms with van der Waals surface area (Å²) >= 11 is 0. The van der Waals surface area contributed by atoms with Crippen LogP contribution in [0.1, 0.15) is 60.3 Å². The molecule has 20 heavy (non-hydrogen) atoms. The monoisotopic (exact) mass is 285 g/mol. The molecule has 2 unspecified atom stereocenters. The Morgan fingerprint density at radius 3 is 2.30 bits per heavy atom. The Bertz CT molecular complexity index is 254. The zero-order valence-corrected chi connectivity index (χ0v) is 14.1. The molecule has 0 heterocycles. The predicted octanol–water partition coefficient (Wildman–Crippen LogP) is 3.21. The average molecular weight is 285 g/mol. The second-order valence-electron chi connectivity index (χ2n) is 7.79. The summed E-state index contributed by atoms with van der Waals surface area (Å²) in [5, 5.41) is 13.3. The Morgan fingerprint density at radius 1 is 1.15 bits per heavy atom. The van der Waals surface area contributed by atoms with Crippen molar-refractivity contribution in [3.63, 3.8) is 0 Å².